The number of nitrogens with one attached hydrogen (secondary N) is 2. The monoisotopic (exact) mass is 296 g/mol. The molecule has 3 N–H and O–H groups in total. The highest BCUT2D eigenvalue weighted by Crippen LogP contribution is 2.18. The maximum Gasteiger partial charge on any atom is 0.267 e. The summed E-state index contributed by atoms with van der Waals surface area (Å²) in [5.41, 5.74) is -0.108. The number of aromatic nitrogens is 1. The first-order valence-electron chi connectivity index (χ1n) is 6.20. The van der Waals surface area contributed by atoms with E-state index < -0.39 is 5.60 Å². The van der Waals surface area contributed by atoms with Crippen molar-refractivity contribution in [1.82, 2.24) is 10.3 Å². The van der Waals surface area contributed by atoms with E-state index in [4.69, 9.17) is 0 Å². The lowest BCUT2D eigenvalue weighted by atomic mass is 10.1. The maximum atomic E-state index is 13.5. The van der Waals surface area contributed by atoms with Crippen molar-refractivity contribution in [3.8, 4) is 0 Å². The van der Waals surface area contributed by atoms with Crippen molar-refractivity contribution in [3.05, 3.63) is 35.8 Å². The number of amides is 1. The Morgan fingerprint density at radius 1 is 1.55 bits per heavy atom. The van der Waals surface area contributed by atoms with Crippen LogP contribution in [0.1, 0.15) is 17.4 Å². The first-order chi connectivity index (χ1) is 9.43. The number of H-pyrrole nitrogens is 1. The van der Waals surface area contributed by atoms with Gasteiger partial charge in [0.25, 0.3) is 5.91 Å². The zero-order chi connectivity index (χ0) is 14.8. The maximum absolute atomic E-state index is 13.5. The van der Waals surface area contributed by atoms with E-state index in [-0.39, 0.29) is 24.0 Å². The van der Waals surface area contributed by atoms with Gasteiger partial charge in [0.05, 0.1) is 5.60 Å². The zero-order valence-corrected chi connectivity index (χ0v) is 12.2. The second-order valence-corrected chi connectivity index (χ2v) is 5.86. The molecule has 0 aliphatic heterocycles. The average Bonchev–Trinajstić information content (AvgIpc) is 2.81. The quantitative estimate of drug-likeness (QED) is 0.792. The van der Waals surface area contributed by atoms with Crippen LogP contribution in [0.3, 0.4) is 0 Å². The minimum absolute atomic E-state index is 0.143. The molecule has 0 saturated carbocycles. The molecule has 0 aliphatic rings. The molecule has 1 aromatic heterocycles. The molecule has 1 heterocycles. The number of thioether (sulfide) groups is 1. The van der Waals surface area contributed by atoms with E-state index in [0.29, 0.717) is 16.7 Å². The molecule has 0 radical (unpaired) electrons. The largest absolute Gasteiger partial charge is 0.387 e. The number of halogens is 1. The Bertz CT molecular complexity index is 625. The van der Waals surface area contributed by atoms with E-state index in [1.165, 1.54) is 23.9 Å². The molecule has 6 heteroatoms. The van der Waals surface area contributed by atoms with E-state index in [2.05, 4.69) is 10.3 Å². The summed E-state index contributed by atoms with van der Waals surface area (Å²) in [6.45, 7) is 1.80. The van der Waals surface area contributed by atoms with Crippen molar-refractivity contribution >= 4 is 28.6 Å². The predicted molar refractivity (Wildman–Crippen MR) is 79.6 cm³/mol. The first kappa shape index (κ1) is 14.9. The Hall–Kier alpha value is -1.53. The molecule has 20 heavy (non-hydrogen) atoms. The third kappa shape index (κ3) is 3.32. The van der Waals surface area contributed by atoms with Crippen LogP contribution in [0.5, 0.6) is 0 Å². The molecule has 2 aromatic rings. The van der Waals surface area contributed by atoms with E-state index in [1.807, 2.05) is 6.26 Å². The molecular weight excluding hydrogens is 279 g/mol. The van der Waals surface area contributed by atoms with Crippen LogP contribution in [0.2, 0.25) is 0 Å². The Morgan fingerprint density at radius 3 is 2.95 bits per heavy atom. The fourth-order valence-corrected chi connectivity index (χ4v) is 2.69. The van der Waals surface area contributed by atoms with Gasteiger partial charge in [0.2, 0.25) is 0 Å². The van der Waals surface area contributed by atoms with Crippen LogP contribution < -0.4 is 5.32 Å². The van der Waals surface area contributed by atoms with Gasteiger partial charge in [-0.05, 0) is 31.4 Å². The highest BCUT2D eigenvalue weighted by molar-refractivity contribution is 7.98. The topological polar surface area (TPSA) is 65.1 Å². The molecule has 2 rings (SSSR count). The molecule has 0 saturated heterocycles. The number of fused-ring (bicyclic) bond motifs is 1. The fraction of sp³-hybridized carbons (Fsp3) is 0.357. The highest BCUT2D eigenvalue weighted by atomic mass is 32.2. The number of hydrogen-bond donors (Lipinski definition) is 3. The molecule has 1 atom stereocenters. The lowest BCUT2D eigenvalue weighted by molar-refractivity contribution is 0.0723. The van der Waals surface area contributed by atoms with Gasteiger partial charge in [-0.1, -0.05) is 6.07 Å². The molecule has 0 aliphatic carbocycles. The Labute approximate surface area is 120 Å². The smallest absolute Gasteiger partial charge is 0.267 e. The van der Waals surface area contributed by atoms with E-state index in [9.17, 15) is 14.3 Å². The second-order valence-electron chi connectivity index (χ2n) is 5.00. The fourth-order valence-electron chi connectivity index (χ4n) is 1.97. The van der Waals surface area contributed by atoms with E-state index in [1.54, 1.807) is 19.1 Å². The number of benzene rings is 1. The highest BCUT2D eigenvalue weighted by Gasteiger charge is 2.21. The second kappa shape index (κ2) is 5.85. The molecule has 108 valence electrons. The standard InChI is InChI=1S/C14H17FN2O2S/c1-14(19,8-20-2)7-16-13(18)12-6-9-10(15)4-3-5-11(9)17-12/h3-6,17,19H,7-8H2,1-2H3,(H,16,18). The van der Waals surface area contributed by atoms with Gasteiger partial charge in [0.1, 0.15) is 11.5 Å². The van der Waals surface area contributed by atoms with Crippen molar-refractivity contribution in [2.75, 3.05) is 18.6 Å². The van der Waals surface area contributed by atoms with Gasteiger partial charge in [0.15, 0.2) is 0 Å². The summed E-state index contributed by atoms with van der Waals surface area (Å²) in [6.07, 6.45) is 1.89. The lowest BCUT2D eigenvalue weighted by Crippen LogP contribution is -2.42. The molecule has 4 nitrogen and oxygen atoms in total. The van der Waals surface area contributed by atoms with Crippen LogP contribution >= 0.6 is 11.8 Å². The van der Waals surface area contributed by atoms with Crippen LogP contribution in [0.4, 0.5) is 4.39 Å². The SMILES string of the molecule is CSCC(C)(O)CNC(=O)c1cc2c(F)cccc2[nH]1. The number of aromatic amines is 1. The normalized spacial score (nSPS) is 14.2. The van der Waals surface area contributed by atoms with Gasteiger partial charge in [-0.25, -0.2) is 4.39 Å². The molecule has 1 unspecified atom stereocenters. The molecule has 0 bridgehead atoms. The van der Waals surface area contributed by atoms with Crippen LogP contribution in [0.25, 0.3) is 10.9 Å². The van der Waals surface area contributed by atoms with Crippen molar-refractivity contribution in [3.63, 3.8) is 0 Å². The van der Waals surface area contributed by atoms with Crippen molar-refractivity contribution in [1.29, 1.82) is 0 Å². The number of carbonyl (C=O) groups excluding carboxylic acids is 1. The lowest BCUT2D eigenvalue weighted by Gasteiger charge is -2.22. The van der Waals surface area contributed by atoms with Gasteiger partial charge in [-0.15, -0.1) is 0 Å². The third-order valence-corrected chi connectivity index (χ3v) is 3.85. The van der Waals surface area contributed by atoms with Crippen molar-refractivity contribution in [2.24, 2.45) is 0 Å². The number of rotatable bonds is 5. The minimum Gasteiger partial charge on any atom is -0.387 e. The average molecular weight is 296 g/mol. The van der Waals surface area contributed by atoms with Crippen LogP contribution in [0, 0.1) is 5.82 Å². The summed E-state index contributed by atoms with van der Waals surface area (Å²) < 4.78 is 13.5. The Morgan fingerprint density at radius 2 is 2.30 bits per heavy atom. The zero-order valence-electron chi connectivity index (χ0n) is 11.4. The summed E-state index contributed by atoms with van der Waals surface area (Å²) in [5, 5.41) is 13.0. The molecule has 1 amide bonds. The van der Waals surface area contributed by atoms with Crippen LogP contribution in [-0.4, -0.2) is 40.2 Å². The van der Waals surface area contributed by atoms with Gasteiger partial charge in [0, 0.05) is 23.2 Å². The predicted octanol–water partition coefficient (Wildman–Crippen LogP) is 2.15. The van der Waals surface area contributed by atoms with Crippen LogP contribution in [-0.2, 0) is 0 Å². The van der Waals surface area contributed by atoms with Crippen LogP contribution in [0.15, 0.2) is 24.3 Å². The number of carbonyl (C=O) groups is 1. The summed E-state index contributed by atoms with van der Waals surface area (Å²) in [5.74, 6) is -0.205. The van der Waals surface area contributed by atoms with Gasteiger partial charge in [-0.2, -0.15) is 11.8 Å². The molecule has 1 aromatic carbocycles. The summed E-state index contributed by atoms with van der Waals surface area (Å²) >= 11 is 1.50. The summed E-state index contributed by atoms with van der Waals surface area (Å²) in [7, 11) is 0. The molecular formula is C14H17FN2O2S. The van der Waals surface area contributed by atoms with E-state index >= 15 is 0 Å². The first-order valence-corrected chi connectivity index (χ1v) is 7.59. The number of aliphatic hydroxyl groups is 1. The summed E-state index contributed by atoms with van der Waals surface area (Å²) in [6, 6.07) is 6.11. The van der Waals surface area contributed by atoms with Crippen molar-refractivity contribution in [2.45, 2.75) is 12.5 Å². The van der Waals surface area contributed by atoms with Gasteiger partial charge >= 0.3 is 0 Å². The molecule has 0 fully saturated rings. The molecule has 0 spiro atoms. The Balaban J connectivity index is 2.10. The van der Waals surface area contributed by atoms with Gasteiger partial charge < -0.3 is 15.4 Å². The Kier molecular flexibility index (Phi) is 4.35. The summed E-state index contributed by atoms with van der Waals surface area (Å²) in [4.78, 5) is 14.9. The minimum atomic E-state index is -0.966. The van der Waals surface area contributed by atoms with Crippen molar-refractivity contribution < 1.29 is 14.3 Å². The number of hydrogen-bond acceptors (Lipinski definition) is 3. The third-order valence-electron chi connectivity index (χ3n) is 2.94. The van der Waals surface area contributed by atoms with E-state index in [0.717, 1.165) is 0 Å². The van der Waals surface area contributed by atoms with Gasteiger partial charge in [-0.3, -0.25) is 4.79 Å².